The Kier molecular flexibility index (Phi) is 5.08. The van der Waals surface area contributed by atoms with Crippen molar-refractivity contribution in [3.63, 3.8) is 0 Å². The molecule has 1 aliphatic rings. The summed E-state index contributed by atoms with van der Waals surface area (Å²) in [6.07, 6.45) is 1.64. The molecule has 2 aromatic rings. The first-order chi connectivity index (χ1) is 11.0. The molecule has 0 aliphatic carbocycles. The first-order valence-corrected chi connectivity index (χ1v) is 8.77. The van der Waals surface area contributed by atoms with Crippen LogP contribution in [0.2, 0.25) is 0 Å². The van der Waals surface area contributed by atoms with E-state index >= 15 is 0 Å². The average Bonchev–Trinajstić information content (AvgIpc) is 3.15. The van der Waals surface area contributed by atoms with Gasteiger partial charge in [0.05, 0.1) is 18.8 Å². The second-order valence-corrected chi connectivity index (χ2v) is 7.27. The van der Waals surface area contributed by atoms with Crippen molar-refractivity contribution < 1.29 is 8.81 Å². The third kappa shape index (κ3) is 4.16. The molecule has 2 atom stereocenters. The summed E-state index contributed by atoms with van der Waals surface area (Å²) in [5.41, 5.74) is 0.934. The van der Waals surface area contributed by atoms with Crippen LogP contribution >= 0.6 is 11.3 Å². The molecule has 0 bridgehead atoms. The van der Waals surface area contributed by atoms with Crippen molar-refractivity contribution in [2.24, 2.45) is 0 Å². The van der Waals surface area contributed by atoms with Gasteiger partial charge in [-0.2, -0.15) is 0 Å². The molecule has 126 valence electrons. The van der Waals surface area contributed by atoms with Crippen LogP contribution in [0.1, 0.15) is 28.8 Å². The molecule has 0 amide bonds. The first kappa shape index (κ1) is 16.5. The zero-order valence-corrected chi connectivity index (χ0v) is 14.6. The van der Waals surface area contributed by atoms with Crippen LogP contribution in [-0.4, -0.2) is 52.1 Å². The fourth-order valence-corrected chi connectivity index (χ4v) is 3.71. The van der Waals surface area contributed by atoms with E-state index in [4.69, 9.17) is 4.42 Å². The summed E-state index contributed by atoms with van der Waals surface area (Å²) in [5, 5.41) is 3.01. The normalized spacial score (nSPS) is 22.3. The van der Waals surface area contributed by atoms with E-state index in [1.165, 1.54) is 0 Å². The second kappa shape index (κ2) is 7.07. The number of aryl methyl sites for hydroxylation is 2. The Morgan fingerprint density at radius 2 is 2.30 bits per heavy atom. The molecule has 5 nitrogen and oxygen atoms in total. The van der Waals surface area contributed by atoms with Crippen LogP contribution in [0.25, 0.3) is 0 Å². The van der Waals surface area contributed by atoms with Crippen molar-refractivity contribution in [3.05, 3.63) is 33.9 Å². The van der Waals surface area contributed by atoms with Gasteiger partial charge >= 0.3 is 0 Å². The highest BCUT2D eigenvalue weighted by Gasteiger charge is 2.33. The van der Waals surface area contributed by atoms with Crippen LogP contribution in [-0.2, 0) is 13.1 Å². The molecule has 1 aliphatic heterocycles. The van der Waals surface area contributed by atoms with Gasteiger partial charge in [-0.3, -0.25) is 9.80 Å². The summed E-state index contributed by atoms with van der Waals surface area (Å²) in [6, 6.07) is 0.205. The standard InChI is InChI=1S/C16H23FN4OS/c1-11-12(2)22-15(19-11)9-20(3)8-14-6-13(17)7-21(14)10-16-18-4-5-23-16/h4-5,13-14H,6-10H2,1-3H3/t13-,14-/m0/s1. The molecule has 3 rings (SSSR count). The fourth-order valence-electron chi connectivity index (χ4n) is 3.07. The van der Waals surface area contributed by atoms with Gasteiger partial charge in [-0.25, -0.2) is 14.4 Å². The molecular formula is C16H23FN4OS. The van der Waals surface area contributed by atoms with E-state index in [0.29, 0.717) is 19.5 Å². The SMILES string of the molecule is Cc1nc(CN(C)C[C@@H]2C[C@H](F)CN2Cc2nccs2)oc1C. The average molecular weight is 338 g/mol. The van der Waals surface area contributed by atoms with Crippen molar-refractivity contribution in [1.29, 1.82) is 0 Å². The number of alkyl halides is 1. The number of hydrogen-bond acceptors (Lipinski definition) is 6. The maximum Gasteiger partial charge on any atom is 0.208 e. The summed E-state index contributed by atoms with van der Waals surface area (Å²) >= 11 is 1.63. The number of hydrogen-bond donors (Lipinski definition) is 0. The molecule has 0 saturated carbocycles. The van der Waals surface area contributed by atoms with Crippen LogP contribution in [0.4, 0.5) is 4.39 Å². The van der Waals surface area contributed by atoms with Crippen molar-refractivity contribution in [2.45, 2.75) is 45.6 Å². The van der Waals surface area contributed by atoms with Gasteiger partial charge in [0.1, 0.15) is 16.9 Å². The van der Waals surface area contributed by atoms with Gasteiger partial charge in [-0.05, 0) is 27.3 Å². The largest absolute Gasteiger partial charge is 0.444 e. The summed E-state index contributed by atoms with van der Waals surface area (Å²) < 4.78 is 19.5. The highest BCUT2D eigenvalue weighted by molar-refractivity contribution is 7.09. The van der Waals surface area contributed by atoms with E-state index in [0.717, 1.165) is 35.4 Å². The lowest BCUT2D eigenvalue weighted by molar-refractivity contribution is 0.173. The fraction of sp³-hybridized carbons (Fsp3) is 0.625. The molecule has 1 saturated heterocycles. The number of likely N-dealkylation sites (N-methyl/N-ethyl adjacent to an activating group) is 1. The van der Waals surface area contributed by atoms with Gasteiger partial charge in [0.25, 0.3) is 0 Å². The van der Waals surface area contributed by atoms with Crippen molar-refractivity contribution in [3.8, 4) is 0 Å². The monoisotopic (exact) mass is 338 g/mol. The molecule has 0 N–H and O–H groups in total. The summed E-state index contributed by atoms with van der Waals surface area (Å²) in [6.45, 7) is 6.54. The van der Waals surface area contributed by atoms with Crippen LogP contribution < -0.4 is 0 Å². The Morgan fingerprint density at radius 1 is 1.48 bits per heavy atom. The minimum Gasteiger partial charge on any atom is -0.444 e. The number of nitrogens with zero attached hydrogens (tertiary/aromatic N) is 4. The van der Waals surface area contributed by atoms with E-state index in [1.807, 2.05) is 26.3 Å². The van der Waals surface area contributed by atoms with E-state index in [2.05, 4.69) is 19.8 Å². The number of rotatable bonds is 6. The Balaban J connectivity index is 1.58. The minimum atomic E-state index is -0.750. The van der Waals surface area contributed by atoms with Gasteiger partial charge < -0.3 is 4.42 Å². The third-order valence-corrected chi connectivity index (χ3v) is 5.06. The summed E-state index contributed by atoms with van der Waals surface area (Å²) in [4.78, 5) is 13.1. The van der Waals surface area contributed by atoms with Crippen LogP contribution in [0.5, 0.6) is 0 Å². The Hall–Kier alpha value is -1.31. The highest BCUT2D eigenvalue weighted by Crippen LogP contribution is 2.24. The highest BCUT2D eigenvalue weighted by atomic mass is 32.1. The Morgan fingerprint density at radius 3 is 2.96 bits per heavy atom. The van der Waals surface area contributed by atoms with Gasteiger partial charge in [-0.15, -0.1) is 11.3 Å². The minimum absolute atomic E-state index is 0.205. The van der Waals surface area contributed by atoms with Crippen LogP contribution in [0.15, 0.2) is 16.0 Å². The lowest BCUT2D eigenvalue weighted by Crippen LogP contribution is -2.38. The van der Waals surface area contributed by atoms with Crippen molar-refractivity contribution >= 4 is 11.3 Å². The van der Waals surface area contributed by atoms with Crippen molar-refractivity contribution in [1.82, 2.24) is 19.8 Å². The molecule has 2 aromatic heterocycles. The van der Waals surface area contributed by atoms with E-state index in [1.54, 1.807) is 17.5 Å². The second-order valence-electron chi connectivity index (χ2n) is 6.29. The van der Waals surface area contributed by atoms with Gasteiger partial charge in [0.15, 0.2) is 0 Å². The number of oxazole rings is 1. The number of thiazole rings is 1. The lowest BCUT2D eigenvalue weighted by atomic mass is 10.2. The third-order valence-electron chi connectivity index (χ3n) is 4.30. The lowest BCUT2D eigenvalue weighted by Gasteiger charge is -2.27. The number of aromatic nitrogens is 2. The van der Waals surface area contributed by atoms with E-state index < -0.39 is 6.17 Å². The Bertz CT molecular complexity index is 611. The zero-order valence-electron chi connectivity index (χ0n) is 13.8. The molecule has 0 spiro atoms. The molecule has 0 aromatic carbocycles. The van der Waals surface area contributed by atoms with E-state index in [9.17, 15) is 4.39 Å². The zero-order chi connectivity index (χ0) is 16.4. The maximum absolute atomic E-state index is 13.9. The molecule has 23 heavy (non-hydrogen) atoms. The summed E-state index contributed by atoms with van der Waals surface area (Å²) in [7, 11) is 2.03. The number of likely N-dealkylation sites (tertiary alicyclic amines) is 1. The summed E-state index contributed by atoms with van der Waals surface area (Å²) in [5.74, 6) is 1.59. The van der Waals surface area contributed by atoms with Gasteiger partial charge in [0, 0.05) is 30.7 Å². The van der Waals surface area contributed by atoms with Crippen molar-refractivity contribution in [2.75, 3.05) is 20.1 Å². The first-order valence-electron chi connectivity index (χ1n) is 7.89. The topological polar surface area (TPSA) is 45.4 Å². The predicted molar refractivity (Wildman–Crippen MR) is 88.1 cm³/mol. The molecular weight excluding hydrogens is 315 g/mol. The molecule has 3 heterocycles. The molecule has 1 fully saturated rings. The predicted octanol–water partition coefficient (Wildman–Crippen LogP) is 2.79. The Labute approximate surface area is 140 Å². The number of halogens is 1. The van der Waals surface area contributed by atoms with Gasteiger partial charge in [0.2, 0.25) is 5.89 Å². The quantitative estimate of drug-likeness (QED) is 0.810. The molecule has 7 heteroatoms. The molecule has 0 radical (unpaired) electrons. The molecule has 0 unspecified atom stereocenters. The van der Waals surface area contributed by atoms with Crippen LogP contribution in [0, 0.1) is 13.8 Å². The smallest absolute Gasteiger partial charge is 0.208 e. The maximum atomic E-state index is 13.9. The van der Waals surface area contributed by atoms with Gasteiger partial charge in [-0.1, -0.05) is 0 Å². The van der Waals surface area contributed by atoms with Crippen LogP contribution in [0.3, 0.4) is 0 Å². The van der Waals surface area contributed by atoms with E-state index in [-0.39, 0.29) is 6.04 Å².